The molecule has 0 unspecified atom stereocenters. The van der Waals surface area contributed by atoms with Gasteiger partial charge in [-0.2, -0.15) is 0 Å². The third-order valence-corrected chi connectivity index (χ3v) is 5.05. The molecular formula is C27H22F2N2O. The maximum atomic E-state index is 13.8. The fourth-order valence-electron chi connectivity index (χ4n) is 3.27. The summed E-state index contributed by atoms with van der Waals surface area (Å²) in [5, 5.41) is 0.860. The summed E-state index contributed by atoms with van der Waals surface area (Å²) in [4.78, 5) is 8.77. The van der Waals surface area contributed by atoms with Crippen LogP contribution in [-0.2, 0) is 0 Å². The molecule has 0 saturated carbocycles. The zero-order valence-corrected chi connectivity index (χ0v) is 17.7. The van der Waals surface area contributed by atoms with Crippen LogP contribution in [0.25, 0.3) is 22.2 Å². The van der Waals surface area contributed by atoms with Crippen LogP contribution in [0.15, 0.2) is 67.0 Å². The van der Waals surface area contributed by atoms with E-state index < -0.39 is 11.6 Å². The second kappa shape index (κ2) is 10.0. The summed E-state index contributed by atoms with van der Waals surface area (Å²) >= 11 is 0. The van der Waals surface area contributed by atoms with Crippen molar-refractivity contribution in [2.75, 3.05) is 6.61 Å². The van der Waals surface area contributed by atoms with Gasteiger partial charge in [-0.25, -0.2) is 18.7 Å². The van der Waals surface area contributed by atoms with Crippen LogP contribution < -0.4 is 4.74 Å². The van der Waals surface area contributed by atoms with Crippen molar-refractivity contribution in [1.29, 1.82) is 0 Å². The van der Waals surface area contributed by atoms with Gasteiger partial charge in [-0.05, 0) is 54.3 Å². The molecule has 0 spiro atoms. The molecule has 1 aromatic heterocycles. The lowest BCUT2D eigenvalue weighted by Gasteiger charge is -2.05. The van der Waals surface area contributed by atoms with Crippen LogP contribution in [0.1, 0.15) is 37.3 Å². The van der Waals surface area contributed by atoms with E-state index in [-0.39, 0.29) is 5.39 Å². The Kier molecular flexibility index (Phi) is 6.72. The molecule has 0 saturated heterocycles. The van der Waals surface area contributed by atoms with Crippen LogP contribution in [-0.4, -0.2) is 16.6 Å². The van der Waals surface area contributed by atoms with Gasteiger partial charge in [-0.15, -0.1) is 0 Å². The summed E-state index contributed by atoms with van der Waals surface area (Å²) in [6, 6.07) is 15.3. The van der Waals surface area contributed by atoms with Crippen molar-refractivity contribution in [2.24, 2.45) is 0 Å². The van der Waals surface area contributed by atoms with Gasteiger partial charge in [-0.3, -0.25) is 0 Å². The Bertz CT molecular complexity index is 1270. The molecule has 0 N–H and O–H groups in total. The maximum Gasteiger partial charge on any atom is 0.166 e. The van der Waals surface area contributed by atoms with Crippen molar-refractivity contribution in [2.45, 2.75) is 26.2 Å². The second-order valence-corrected chi connectivity index (χ2v) is 7.42. The number of halogens is 2. The molecule has 1 heterocycles. The van der Waals surface area contributed by atoms with Gasteiger partial charge >= 0.3 is 0 Å². The van der Waals surface area contributed by atoms with E-state index in [4.69, 9.17) is 4.74 Å². The molecular weight excluding hydrogens is 406 g/mol. The molecule has 0 bridgehead atoms. The minimum Gasteiger partial charge on any atom is -0.490 e. The van der Waals surface area contributed by atoms with Crippen molar-refractivity contribution >= 4 is 10.8 Å². The molecule has 32 heavy (non-hydrogen) atoms. The number of ether oxygens (including phenoxy) is 1. The van der Waals surface area contributed by atoms with Gasteiger partial charge in [0.05, 0.1) is 19.0 Å². The predicted molar refractivity (Wildman–Crippen MR) is 122 cm³/mol. The maximum absolute atomic E-state index is 13.8. The Morgan fingerprint density at radius 1 is 0.844 bits per heavy atom. The summed E-state index contributed by atoms with van der Waals surface area (Å²) in [7, 11) is 0. The van der Waals surface area contributed by atoms with Crippen LogP contribution in [0.4, 0.5) is 8.78 Å². The Morgan fingerprint density at radius 3 is 2.31 bits per heavy atom. The molecule has 3 aromatic carbocycles. The van der Waals surface area contributed by atoms with Gasteiger partial charge in [-0.1, -0.05) is 43.7 Å². The molecule has 0 amide bonds. The SMILES string of the molecule is CCCCCOc1cnc(-c2ccc(C#Cc3ccc4c(F)c(F)ccc4c3)cc2)nc1. The average Bonchev–Trinajstić information content (AvgIpc) is 2.84. The van der Waals surface area contributed by atoms with Crippen LogP contribution in [0.5, 0.6) is 5.75 Å². The molecule has 4 rings (SSSR count). The molecule has 0 aliphatic carbocycles. The highest BCUT2D eigenvalue weighted by Crippen LogP contribution is 2.22. The summed E-state index contributed by atoms with van der Waals surface area (Å²) in [6.45, 7) is 2.83. The Balaban J connectivity index is 1.44. The largest absolute Gasteiger partial charge is 0.490 e. The molecule has 0 fully saturated rings. The average molecular weight is 428 g/mol. The number of unbranched alkanes of at least 4 members (excludes halogenated alkanes) is 2. The number of benzene rings is 3. The summed E-state index contributed by atoms with van der Waals surface area (Å²) in [5.74, 6) is 5.76. The first kappa shape index (κ1) is 21.5. The van der Waals surface area contributed by atoms with Crippen LogP contribution >= 0.6 is 0 Å². The fraction of sp³-hybridized carbons (Fsp3) is 0.185. The van der Waals surface area contributed by atoms with E-state index in [0.717, 1.165) is 42.0 Å². The number of fused-ring (bicyclic) bond motifs is 1. The minimum absolute atomic E-state index is 0.247. The third-order valence-electron chi connectivity index (χ3n) is 5.05. The number of nitrogens with zero attached hydrogens (tertiary/aromatic N) is 2. The number of aromatic nitrogens is 2. The van der Waals surface area contributed by atoms with Crippen molar-refractivity contribution in [3.05, 3.63) is 89.8 Å². The van der Waals surface area contributed by atoms with Gasteiger partial charge < -0.3 is 4.74 Å². The van der Waals surface area contributed by atoms with E-state index >= 15 is 0 Å². The van der Waals surface area contributed by atoms with Gasteiger partial charge in [0.15, 0.2) is 23.2 Å². The van der Waals surface area contributed by atoms with E-state index in [1.807, 2.05) is 24.3 Å². The molecule has 5 heteroatoms. The first-order valence-corrected chi connectivity index (χ1v) is 10.6. The van der Waals surface area contributed by atoms with Gasteiger partial charge in [0.1, 0.15) is 0 Å². The monoisotopic (exact) mass is 428 g/mol. The highest BCUT2D eigenvalue weighted by atomic mass is 19.2. The molecule has 0 aliphatic rings. The fourth-order valence-corrected chi connectivity index (χ4v) is 3.27. The molecule has 0 radical (unpaired) electrons. The smallest absolute Gasteiger partial charge is 0.166 e. The first-order valence-electron chi connectivity index (χ1n) is 10.6. The van der Waals surface area contributed by atoms with E-state index in [9.17, 15) is 8.78 Å². The van der Waals surface area contributed by atoms with Gasteiger partial charge in [0, 0.05) is 22.1 Å². The molecule has 0 aliphatic heterocycles. The van der Waals surface area contributed by atoms with Crippen molar-refractivity contribution in [3.63, 3.8) is 0 Å². The predicted octanol–water partition coefficient (Wildman–Crippen LogP) is 6.54. The lowest BCUT2D eigenvalue weighted by atomic mass is 10.1. The van der Waals surface area contributed by atoms with E-state index in [1.165, 1.54) is 0 Å². The zero-order valence-electron chi connectivity index (χ0n) is 17.7. The molecule has 0 atom stereocenters. The summed E-state index contributed by atoms with van der Waals surface area (Å²) in [5.41, 5.74) is 2.44. The standard InChI is InChI=1S/C27H22F2N2O/c1-2-3-4-15-32-23-17-30-27(31-18-23)21-10-7-19(8-11-21)5-6-20-9-13-24-22(16-20)12-14-25(28)26(24)29/h7-14,16-18H,2-4,15H2,1H3. The lowest BCUT2D eigenvalue weighted by molar-refractivity contribution is 0.304. The Hall–Kier alpha value is -3.78. The van der Waals surface area contributed by atoms with Crippen LogP contribution in [0, 0.1) is 23.5 Å². The molecule has 160 valence electrons. The first-order chi connectivity index (χ1) is 15.6. The highest BCUT2D eigenvalue weighted by molar-refractivity contribution is 5.84. The minimum atomic E-state index is -0.852. The van der Waals surface area contributed by atoms with Crippen molar-refractivity contribution in [1.82, 2.24) is 9.97 Å². The summed E-state index contributed by atoms with van der Waals surface area (Å²) in [6.07, 6.45) is 6.71. The van der Waals surface area contributed by atoms with Crippen LogP contribution in [0.3, 0.4) is 0 Å². The summed E-state index contributed by atoms with van der Waals surface area (Å²) < 4.78 is 32.8. The van der Waals surface area contributed by atoms with E-state index in [2.05, 4.69) is 28.7 Å². The van der Waals surface area contributed by atoms with Crippen molar-refractivity contribution in [3.8, 4) is 29.0 Å². The Morgan fingerprint density at radius 2 is 1.56 bits per heavy atom. The van der Waals surface area contributed by atoms with Gasteiger partial charge in [0.25, 0.3) is 0 Å². The number of hydrogen-bond acceptors (Lipinski definition) is 3. The quantitative estimate of drug-likeness (QED) is 0.258. The number of rotatable bonds is 6. The highest BCUT2D eigenvalue weighted by Gasteiger charge is 2.07. The van der Waals surface area contributed by atoms with Crippen LogP contribution in [0.2, 0.25) is 0 Å². The zero-order chi connectivity index (χ0) is 22.3. The lowest BCUT2D eigenvalue weighted by Crippen LogP contribution is -1.98. The van der Waals surface area contributed by atoms with E-state index in [0.29, 0.717) is 23.6 Å². The van der Waals surface area contributed by atoms with E-state index in [1.54, 1.807) is 36.7 Å². The third kappa shape index (κ3) is 5.09. The number of hydrogen-bond donors (Lipinski definition) is 0. The normalized spacial score (nSPS) is 10.6. The molecule has 3 nitrogen and oxygen atoms in total. The Labute approximate surface area is 186 Å². The second-order valence-electron chi connectivity index (χ2n) is 7.42. The van der Waals surface area contributed by atoms with Crippen molar-refractivity contribution < 1.29 is 13.5 Å². The molecule has 4 aromatic rings. The topological polar surface area (TPSA) is 35.0 Å². The van der Waals surface area contributed by atoms with Gasteiger partial charge in [0.2, 0.25) is 0 Å².